The highest BCUT2D eigenvalue weighted by Gasteiger charge is 2.25. The van der Waals surface area contributed by atoms with Gasteiger partial charge in [0.1, 0.15) is 0 Å². The Labute approximate surface area is 74.9 Å². The maximum Gasteiger partial charge on any atom is 0.0513 e. The Hall–Kier alpha value is -0.0900. The topological polar surface area (TPSA) is 55.5 Å². The molecular weight excluding hydrogens is 172 g/mol. The normalized spacial score (nSPS) is 33.6. The van der Waals surface area contributed by atoms with E-state index in [-0.39, 0.29) is 0 Å². The van der Waals surface area contributed by atoms with Crippen LogP contribution in [0.3, 0.4) is 0 Å². The highest BCUT2D eigenvalue weighted by molar-refractivity contribution is 7.92. The van der Waals surface area contributed by atoms with Crippen LogP contribution in [0.4, 0.5) is 0 Å². The molecule has 0 spiro atoms. The van der Waals surface area contributed by atoms with E-state index in [2.05, 4.69) is 4.36 Å². The lowest BCUT2D eigenvalue weighted by molar-refractivity contribution is 0.275. The molecule has 0 amide bonds. The van der Waals surface area contributed by atoms with E-state index in [0.29, 0.717) is 17.7 Å². The van der Waals surface area contributed by atoms with Gasteiger partial charge in [-0.15, -0.1) is 0 Å². The number of nitrogens with two attached hydrogens (primary N) is 1. The van der Waals surface area contributed by atoms with Crippen LogP contribution in [0.25, 0.3) is 0 Å². The molecule has 0 radical (unpaired) electrons. The van der Waals surface area contributed by atoms with Crippen LogP contribution in [0.15, 0.2) is 4.36 Å². The van der Waals surface area contributed by atoms with Crippen molar-refractivity contribution >= 4 is 9.73 Å². The van der Waals surface area contributed by atoms with Gasteiger partial charge < -0.3 is 5.73 Å². The molecule has 1 aliphatic rings. The molecule has 1 rings (SSSR count). The average Bonchev–Trinajstić information content (AvgIpc) is 1.96. The van der Waals surface area contributed by atoms with Crippen molar-refractivity contribution in [2.45, 2.75) is 25.8 Å². The molecule has 3 nitrogen and oxygen atoms in total. The third-order valence-corrected chi connectivity index (χ3v) is 4.18. The van der Waals surface area contributed by atoms with E-state index in [0.717, 1.165) is 19.4 Å². The molecule has 0 bridgehead atoms. The standard InChI is InChI=1S/C8H18N2OS/c1-3-12(2,11)10-6-7-4-8(9)5-7/h7-8H,3-6,9H2,1-2H3. The summed E-state index contributed by atoms with van der Waals surface area (Å²) in [4.78, 5) is 0. The first-order chi connectivity index (χ1) is 5.53. The zero-order chi connectivity index (χ0) is 9.19. The molecule has 1 aliphatic carbocycles. The molecule has 1 fully saturated rings. The molecule has 12 heavy (non-hydrogen) atoms. The van der Waals surface area contributed by atoms with Crippen molar-refractivity contribution in [1.82, 2.24) is 0 Å². The highest BCUT2D eigenvalue weighted by Crippen LogP contribution is 2.25. The first-order valence-corrected chi connectivity index (χ1v) is 6.54. The Morgan fingerprint density at radius 3 is 2.58 bits per heavy atom. The van der Waals surface area contributed by atoms with Gasteiger partial charge in [-0.2, -0.15) is 0 Å². The zero-order valence-corrected chi connectivity index (χ0v) is 8.64. The van der Waals surface area contributed by atoms with Crippen LogP contribution in [-0.4, -0.2) is 28.8 Å². The fraction of sp³-hybridized carbons (Fsp3) is 1.00. The minimum atomic E-state index is -1.87. The van der Waals surface area contributed by atoms with Crippen LogP contribution in [0, 0.1) is 5.92 Å². The summed E-state index contributed by atoms with van der Waals surface area (Å²) < 4.78 is 15.7. The van der Waals surface area contributed by atoms with Crippen molar-refractivity contribution in [3.05, 3.63) is 0 Å². The number of nitrogens with zero attached hydrogens (tertiary/aromatic N) is 1. The summed E-state index contributed by atoms with van der Waals surface area (Å²) in [5, 5.41) is 0. The highest BCUT2D eigenvalue weighted by atomic mass is 32.2. The SMILES string of the molecule is CCS(C)(=O)=NCC1CC(N)C1. The largest absolute Gasteiger partial charge is 0.328 e. The fourth-order valence-corrected chi connectivity index (χ4v) is 2.00. The van der Waals surface area contributed by atoms with Gasteiger partial charge in [-0.25, -0.2) is 4.36 Å². The lowest BCUT2D eigenvalue weighted by atomic mass is 9.81. The van der Waals surface area contributed by atoms with Crippen LogP contribution in [-0.2, 0) is 9.73 Å². The molecular formula is C8H18N2OS. The summed E-state index contributed by atoms with van der Waals surface area (Å²) in [7, 11) is -1.87. The second kappa shape index (κ2) is 3.75. The lowest BCUT2D eigenvalue weighted by Crippen LogP contribution is -2.37. The Morgan fingerprint density at radius 1 is 1.58 bits per heavy atom. The molecule has 1 unspecified atom stereocenters. The van der Waals surface area contributed by atoms with Gasteiger partial charge >= 0.3 is 0 Å². The molecule has 0 aromatic rings. The summed E-state index contributed by atoms with van der Waals surface area (Å²) in [6, 6.07) is 0.375. The van der Waals surface area contributed by atoms with E-state index in [1.807, 2.05) is 6.92 Å². The summed E-state index contributed by atoms with van der Waals surface area (Å²) in [6.45, 7) is 2.66. The minimum Gasteiger partial charge on any atom is -0.328 e. The first kappa shape index (κ1) is 9.99. The van der Waals surface area contributed by atoms with E-state index in [4.69, 9.17) is 5.73 Å². The van der Waals surface area contributed by atoms with Gasteiger partial charge in [-0.3, -0.25) is 4.21 Å². The van der Waals surface area contributed by atoms with Gasteiger partial charge in [-0.1, -0.05) is 6.92 Å². The van der Waals surface area contributed by atoms with Crippen molar-refractivity contribution in [3.8, 4) is 0 Å². The van der Waals surface area contributed by atoms with E-state index in [1.54, 1.807) is 6.26 Å². The van der Waals surface area contributed by atoms with E-state index in [9.17, 15) is 4.21 Å². The summed E-state index contributed by atoms with van der Waals surface area (Å²) in [6.07, 6.45) is 3.84. The molecule has 0 aliphatic heterocycles. The van der Waals surface area contributed by atoms with Gasteiger partial charge in [0.05, 0.1) is 6.54 Å². The monoisotopic (exact) mass is 190 g/mol. The quantitative estimate of drug-likeness (QED) is 0.717. The van der Waals surface area contributed by atoms with Crippen LogP contribution in [0.5, 0.6) is 0 Å². The predicted molar refractivity (Wildman–Crippen MR) is 52.6 cm³/mol. The summed E-state index contributed by atoms with van der Waals surface area (Å²) in [5.41, 5.74) is 5.63. The van der Waals surface area contributed by atoms with Gasteiger partial charge in [-0.05, 0) is 18.8 Å². The molecule has 1 saturated carbocycles. The molecule has 2 N–H and O–H groups in total. The van der Waals surface area contributed by atoms with E-state index in [1.165, 1.54) is 0 Å². The number of rotatable bonds is 3. The molecule has 0 saturated heterocycles. The van der Waals surface area contributed by atoms with Crippen LogP contribution in [0.1, 0.15) is 19.8 Å². The fourth-order valence-electron chi connectivity index (χ4n) is 1.29. The summed E-state index contributed by atoms with van der Waals surface area (Å²) in [5.74, 6) is 1.26. The zero-order valence-electron chi connectivity index (χ0n) is 7.82. The number of hydrogen-bond donors (Lipinski definition) is 1. The number of hydrogen-bond acceptors (Lipinski definition) is 3. The van der Waals surface area contributed by atoms with Crippen molar-refractivity contribution in [3.63, 3.8) is 0 Å². The smallest absolute Gasteiger partial charge is 0.0513 e. The van der Waals surface area contributed by atoms with Gasteiger partial charge in [0.25, 0.3) is 0 Å². The average molecular weight is 190 g/mol. The second-order valence-corrected chi connectivity index (χ2v) is 6.41. The first-order valence-electron chi connectivity index (χ1n) is 4.44. The molecule has 0 heterocycles. The van der Waals surface area contributed by atoms with Gasteiger partial charge in [0, 0.05) is 27.8 Å². The van der Waals surface area contributed by atoms with Crippen molar-refractivity contribution in [1.29, 1.82) is 0 Å². The molecule has 4 heteroatoms. The van der Waals surface area contributed by atoms with E-state index >= 15 is 0 Å². The Balaban J connectivity index is 2.34. The lowest BCUT2D eigenvalue weighted by Gasteiger charge is -2.31. The van der Waals surface area contributed by atoms with Crippen LogP contribution >= 0.6 is 0 Å². The molecule has 0 aromatic heterocycles. The van der Waals surface area contributed by atoms with Gasteiger partial charge in [0.2, 0.25) is 0 Å². The maximum atomic E-state index is 11.5. The Morgan fingerprint density at radius 2 is 2.17 bits per heavy atom. The van der Waals surface area contributed by atoms with Crippen molar-refractivity contribution in [2.75, 3.05) is 18.6 Å². The van der Waals surface area contributed by atoms with Gasteiger partial charge in [0.15, 0.2) is 0 Å². The predicted octanol–water partition coefficient (Wildman–Crippen LogP) is 0.841. The van der Waals surface area contributed by atoms with Crippen LogP contribution < -0.4 is 5.73 Å². The summed E-state index contributed by atoms with van der Waals surface area (Å²) >= 11 is 0. The van der Waals surface area contributed by atoms with Crippen LogP contribution in [0.2, 0.25) is 0 Å². The Kier molecular flexibility index (Phi) is 3.12. The molecule has 1 atom stereocenters. The van der Waals surface area contributed by atoms with Crippen molar-refractivity contribution < 1.29 is 4.21 Å². The van der Waals surface area contributed by atoms with Crippen molar-refractivity contribution in [2.24, 2.45) is 16.0 Å². The minimum absolute atomic E-state index is 0.375. The third kappa shape index (κ3) is 2.75. The second-order valence-electron chi connectivity index (χ2n) is 3.66. The maximum absolute atomic E-state index is 11.5. The molecule has 0 aromatic carbocycles. The Bertz CT molecular complexity index is 250. The van der Waals surface area contributed by atoms with E-state index < -0.39 is 9.73 Å². The molecule has 72 valence electrons. The third-order valence-electron chi connectivity index (χ3n) is 2.41.